The number of hydrogen-bond donors (Lipinski definition) is 1. The molecule has 0 amide bonds. The highest BCUT2D eigenvalue weighted by molar-refractivity contribution is 5.28. The summed E-state index contributed by atoms with van der Waals surface area (Å²) < 4.78 is 13.1. The molecule has 1 aromatic rings. The van der Waals surface area contributed by atoms with E-state index in [4.69, 9.17) is 5.73 Å². The second kappa shape index (κ2) is 4.77. The van der Waals surface area contributed by atoms with E-state index in [2.05, 4.69) is 6.92 Å². The molecule has 94 valence electrons. The van der Waals surface area contributed by atoms with Crippen molar-refractivity contribution in [3.63, 3.8) is 0 Å². The normalized spacial score (nSPS) is 29.3. The molecule has 2 unspecified atom stereocenters. The maximum Gasteiger partial charge on any atom is 0.123 e. The van der Waals surface area contributed by atoms with Crippen LogP contribution in [0.2, 0.25) is 0 Å². The first kappa shape index (κ1) is 12.6. The Hall–Kier alpha value is -0.890. The minimum atomic E-state index is -0.158. The monoisotopic (exact) mass is 235 g/mol. The van der Waals surface area contributed by atoms with E-state index >= 15 is 0 Å². The van der Waals surface area contributed by atoms with Crippen molar-refractivity contribution in [1.29, 1.82) is 0 Å². The van der Waals surface area contributed by atoms with E-state index in [1.54, 1.807) is 6.07 Å². The summed E-state index contributed by atoms with van der Waals surface area (Å²) in [6, 6.07) is 5.03. The molecule has 2 N–H and O–H groups in total. The Morgan fingerprint density at radius 3 is 2.88 bits per heavy atom. The van der Waals surface area contributed by atoms with Crippen molar-refractivity contribution in [2.75, 3.05) is 0 Å². The van der Waals surface area contributed by atoms with Gasteiger partial charge in [-0.05, 0) is 55.4 Å². The van der Waals surface area contributed by atoms with Crippen molar-refractivity contribution < 1.29 is 4.39 Å². The quantitative estimate of drug-likeness (QED) is 0.833. The maximum atomic E-state index is 13.1. The average Bonchev–Trinajstić information content (AvgIpc) is 2.22. The number of aryl methyl sites for hydroxylation is 1. The standard InChI is InChI=1S/C15H22FN/c1-11-4-3-7-15(17,9-11)10-13-5-6-14(16)8-12(13)2/h5-6,8,11H,3-4,7,9-10,17H2,1-2H3. The molecule has 0 heterocycles. The average molecular weight is 235 g/mol. The van der Waals surface area contributed by atoms with Gasteiger partial charge in [0.25, 0.3) is 0 Å². The summed E-state index contributed by atoms with van der Waals surface area (Å²) in [6.45, 7) is 4.24. The van der Waals surface area contributed by atoms with E-state index in [-0.39, 0.29) is 11.4 Å². The van der Waals surface area contributed by atoms with Gasteiger partial charge in [-0.1, -0.05) is 25.8 Å². The van der Waals surface area contributed by atoms with E-state index in [0.717, 1.165) is 30.7 Å². The minimum Gasteiger partial charge on any atom is -0.325 e. The first-order valence-corrected chi connectivity index (χ1v) is 6.52. The van der Waals surface area contributed by atoms with Crippen LogP contribution in [-0.2, 0) is 6.42 Å². The Morgan fingerprint density at radius 2 is 2.24 bits per heavy atom. The number of benzene rings is 1. The fourth-order valence-corrected chi connectivity index (χ4v) is 3.10. The molecule has 1 aliphatic carbocycles. The fourth-order valence-electron chi connectivity index (χ4n) is 3.10. The Labute approximate surface area is 103 Å². The molecule has 0 spiro atoms. The van der Waals surface area contributed by atoms with Crippen LogP contribution in [0, 0.1) is 18.7 Å². The van der Waals surface area contributed by atoms with Gasteiger partial charge in [-0.2, -0.15) is 0 Å². The SMILES string of the molecule is Cc1cc(F)ccc1CC1(N)CCCC(C)C1. The molecule has 0 aromatic heterocycles. The van der Waals surface area contributed by atoms with Crippen LogP contribution in [0.1, 0.15) is 43.7 Å². The summed E-state index contributed by atoms with van der Waals surface area (Å²) in [7, 11) is 0. The third-order valence-corrected chi connectivity index (χ3v) is 3.97. The van der Waals surface area contributed by atoms with Gasteiger partial charge >= 0.3 is 0 Å². The summed E-state index contributed by atoms with van der Waals surface area (Å²) in [5, 5.41) is 0. The van der Waals surface area contributed by atoms with Gasteiger partial charge in [-0.3, -0.25) is 0 Å². The molecule has 0 aliphatic heterocycles. The van der Waals surface area contributed by atoms with Crippen LogP contribution < -0.4 is 5.73 Å². The van der Waals surface area contributed by atoms with Gasteiger partial charge in [0.05, 0.1) is 0 Å². The first-order chi connectivity index (χ1) is 7.98. The third-order valence-electron chi connectivity index (χ3n) is 3.97. The molecule has 0 bridgehead atoms. The first-order valence-electron chi connectivity index (χ1n) is 6.52. The molecule has 0 saturated heterocycles. The van der Waals surface area contributed by atoms with Crippen LogP contribution in [0.25, 0.3) is 0 Å². The van der Waals surface area contributed by atoms with Crippen molar-refractivity contribution in [3.8, 4) is 0 Å². The van der Waals surface area contributed by atoms with Crippen LogP contribution in [0.15, 0.2) is 18.2 Å². The van der Waals surface area contributed by atoms with Gasteiger partial charge in [0, 0.05) is 5.54 Å². The molecular weight excluding hydrogens is 213 g/mol. The van der Waals surface area contributed by atoms with E-state index in [9.17, 15) is 4.39 Å². The summed E-state index contributed by atoms with van der Waals surface area (Å²) in [5.41, 5.74) is 8.63. The van der Waals surface area contributed by atoms with Crippen LogP contribution in [0.3, 0.4) is 0 Å². The van der Waals surface area contributed by atoms with Crippen molar-refractivity contribution >= 4 is 0 Å². The van der Waals surface area contributed by atoms with Crippen molar-refractivity contribution in [2.24, 2.45) is 11.7 Å². The molecule has 2 rings (SSSR count). The minimum absolute atomic E-state index is 0.0831. The van der Waals surface area contributed by atoms with Gasteiger partial charge in [0.15, 0.2) is 0 Å². The van der Waals surface area contributed by atoms with Crippen LogP contribution in [0.4, 0.5) is 4.39 Å². The van der Waals surface area contributed by atoms with Gasteiger partial charge in [-0.15, -0.1) is 0 Å². The summed E-state index contributed by atoms with van der Waals surface area (Å²) in [4.78, 5) is 0. The van der Waals surface area contributed by atoms with Crippen molar-refractivity contribution in [3.05, 3.63) is 35.1 Å². The highest BCUT2D eigenvalue weighted by atomic mass is 19.1. The van der Waals surface area contributed by atoms with Gasteiger partial charge in [0.1, 0.15) is 5.82 Å². The Morgan fingerprint density at radius 1 is 1.47 bits per heavy atom. The third kappa shape index (κ3) is 3.06. The van der Waals surface area contributed by atoms with E-state index in [1.165, 1.54) is 24.5 Å². The largest absolute Gasteiger partial charge is 0.325 e. The van der Waals surface area contributed by atoms with Crippen molar-refractivity contribution in [2.45, 2.75) is 51.5 Å². The Bertz CT molecular complexity index is 402. The highest BCUT2D eigenvalue weighted by Crippen LogP contribution is 2.33. The van der Waals surface area contributed by atoms with Crippen LogP contribution >= 0.6 is 0 Å². The van der Waals surface area contributed by atoms with Gasteiger partial charge in [-0.25, -0.2) is 4.39 Å². The lowest BCUT2D eigenvalue weighted by molar-refractivity contribution is 0.235. The lowest BCUT2D eigenvalue weighted by atomic mass is 9.73. The van der Waals surface area contributed by atoms with Gasteiger partial charge < -0.3 is 5.73 Å². The second-order valence-corrected chi connectivity index (χ2v) is 5.81. The Kier molecular flexibility index (Phi) is 3.53. The zero-order chi connectivity index (χ0) is 12.5. The number of nitrogens with two attached hydrogens (primary N) is 1. The summed E-state index contributed by atoms with van der Waals surface area (Å²) >= 11 is 0. The second-order valence-electron chi connectivity index (χ2n) is 5.81. The molecule has 1 aromatic carbocycles. The topological polar surface area (TPSA) is 26.0 Å². The molecule has 17 heavy (non-hydrogen) atoms. The lowest BCUT2D eigenvalue weighted by Gasteiger charge is -2.37. The molecule has 1 fully saturated rings. The highest BCUT2D eigenvalue weighted by Gasteiger charge is 2.31. The van der Waals surface area contributed by atoms with E-state index < -0.39 is 0 Å². The number of halogens is 1. The van der Waals surface area contributed by atoms with Crippen molar-refractivity contribution in [1.82, 2.24) is 0 Å². The fraction of sp³-hybridized carbons (Fsp3) is 0.600. The van der Waals surface area contributed by atoms with E-state index in [0.29, 0.717) is 0 Å². The van der Waals surface area contributed by atoms with Crippen LogP contribution in [0.5, 0.6) is 0 Å². The molecule has 2 heteroatoms. The maximum absolute atomic E-state index is 13.1. The lowest BCUT2D eigenvalue weighted by Crippen LogP contribution is -2.46. The van der Waals surface area contributed by atoms with Crippen LogP contribution in [-0.4, -0.2) is 5.54 Å². The zero-order valence-electron chi connectivity index (χ0n) is 10.8. The molecule has 1 nitrogen and oxygen atoms in total. The zero-order valence-corrected chi connectivity index (χ0v) is 10.8. The predicted molar refractivity (Wildman–Crippen MR) is 69.4 cm³/mol. The Balaban J connectivity index is 2.14. The molecule has 1 aliphatic rings. The smallest absolute Gasteiger partial charge is 0.123 e. The summed E-state index contributed by atoms with van der Waals surface area (Å²) in [5.74, 6) is 0.559. The number of rotatable bonds is 2. The predicted octanol–water partition coefficient (Wildman–Crippen LogP) is 3.58. The molecule has 2 atom stereocenters. The molecule has 0 radical (unpaired) electrons. The summed E-state index contributed by atoms with van der Waals surface area (Å²) in [6.07, 6.45) is 5.57. The number of hydrogen-bond acceptors (Lipinski definition) is 1. The van der Waals surface area contributed by atoms with E-state index in [1.807, 2.05) is 13.0 Å². The van der Waals surface area contributed by atoms with Gasteiger partial charge in [0.2, 0.25) is 0 Å². The molecular formula is C15H22FN. The molecule has 1 saturated carbocycles.